The van der Waals surface area contributed by atoms with Crippen molar-refractivity contribution in [2.75, 3.05) is 0 Å². The van der Waals surface area contributed by atoms with Gasteiger partial charge < -0.3 is 35.7 Å². The second-order valence-electron chi connectivity index (χ2n) is 4.61. The van der Waals surface area contributed by atoms with Crippen molar-refractivity contribution in [2.45, 2.75) is 43.2 Å². The monoisotopic (exact) mass is 324 g/mol. The number of carboxylic acid groups (broad SMARTS) is 3. The number of rotatable bonds is 10. The van der Waals surface area contributed by atoms with Crippen LogP contribution < -0.4 is 0 Å². The molecule has 0 aliphatic rings. The van der Waals surface area contributed by atoms with Crippen LogP contribution in [0.5, 0.6) is 0 Å². The van der Waals surface area contributed by atoms with Crippen molar-refractivity contribution in [3.05, 3.63) is 0 Å². The molecule has 4 atom stereocenters. The van der Waals surface area contributed by atoms with Crippen LogP contribution in [0.2, 0.25) is 0 Å². The Hall–Kier alpha value is -2.08. The molecule has 22 heavy (non-hydrogen) atoms. The Morgan fingerprint density at radius 3 is 1.73 bits per heavy atom. The van der Waals surface area contributed by atoms with Crippen LogP contribution >= 0.6 is 0 Å². The molecule has 0 rings (SSSR count). The lowest BCUT2D eigenvalue weighted by molar-refractivity contribution is -0.193. The molecule has 0 fully saturated rings. The maximum absolute atomic E-state index is 11.4. The third kappa shape index (κ3) is 5.37. The van der Waals surface area contributed by atoms with Gasteiger partial charge in [0.05, 0.1) is 18.9 Å². The van der Waals surface area contributed by atoms with Crippen molar-refractivity contribution in [3.8, 4) is 0 Å². The number of carbonyl (C=O) groups excluding carboxylic acids is 1. The molecule has 0 spiro atoms. The molecule has 0 bridgehead atoms. The van der Waals surface area contributed by atoms with Gasteiger partial charge in [-0.1, -0.05) is 0 Å². The van der Waals surface area contributed by atoms with Gasteiger partial charge in [0, 0.05) is 0 Å². The summed E-state index contributed by atoms with van der Waals surface area (Å²) in [5.41, 5.74) is -3.16. The first-order chi connectivity index (χ1) is 9.91. The molecule has 0 aliphatic carbocycles. The number of carbonyl (C=O) groups is 4. The summed E-state index contributed by atoms with van der Waals surface area (Å²) in [4.78, 5) is 43.0. The van der Waals surface area contributed by atoms with Gasteiger partial charge >= 0.3 is 17.9 Å². The molecule has 0 saturated heterocycles. The summed E-state index contributed by atoms with van der Waals surface area (Å²) in [6.07, 6.45) is -11.2. The average Bonchev–Trinajstić information content (AvgIpc) is 2.34. The number of aliphatic hydroxyl groups excluding tert-OH is 3. The van der Waals surface area contributed by atoms with Gasteiger partial charge in [-0.3, -0.25) is 19.2 Å². The summed E-state index contributed by atoms with van der Waals surface area (Å²) in [5.74, 6) is -6.58. The first-order valence-electron chi connectivity index (χ1n) is 5.86. The van der Waals surface area contributed by atoms with Gasteiger partial charge in [0.25, 0.3) is 0 Å². The summed E-state index contributed by atoms with van der Waals surface area (Å²) >= 11 is 0. The number of aliphatic carboxylic acids is 3. The Labute approximate surface area is 123 Å². The lowest BCUT2D eigenvalue weighted by atomic mass is 9.81. The second-order valence-corrected chi connectivity index (χ2v) is 4.61. The summed E-state index contributed by atoms with van der Waals surface area (Å²) in [7, 11) is 0. The Morgan fingerprint density at radius 1 is 0.864 bits per heavy atom. The molecular formula is C11H16O11. The molecule has 1 unspecified atom stereocenters. The molecule has 0 radical (unpaired) electrons. The fourth-order valence-corrected chi connectivity index (χ4v) is 1.75. The molecule has 0 aliphatic heterocycles. The van der Waals surface area contributed by atoms with Gasteiger partial charge in [-0.15, -0.1) is 0 Å². The van der Waals surface area contributed by atoms with Gasteiger partial charge in [-0.25, -0.2) is 0 Å². The molecule has 11 nitrogen and oxygen atoms in total. The number of carboxylic acids is 3. The minimum atomic E-state index is -3.16. The van der Waals surface area contributed by atoms with Crippen LogP contribution in [-0.4, -0.2) is 83.3 Å². The zero-order valence-electron chi connectivity index (χ0n) is 11.1. The van der Waals surface area contributed by atoms with E-state index < -0.39 is 66.9 Å². The van der Waals surface area contributed by atoms with Crippen LogP contribution in [0.1, 0.15) is 19.3 Å². The Kier molecular flexibility index (Phi) is 7.06. The average molecular weight is 324 g/mol. The Bertz CT molecular complexity index is 459. The lowest BCUT2D eigenvalue weighted by Crippen LogP contribution is -2.60. The highest BCUT2D eigenvalue weighted by Gasteiger charge is 2.50. The Balaban J connectivity index is 5.45. The van der Waals surface area contributed by atoms with E-state index in [2.05, 4.69) is 0 Å². The van der Waals surface area contributed by atoms with Crippen molar-refractivity contribution in [1.29, 1.82) is 0 Å². The summed E-state index contributed by atoms with van der Waals surface area (Å²) in [6.45, 7) is 0. The molecule has 0 aromatic carbocycles. The van der Waals surface area contributed by atoms with E-state index in [0.29, 0.717) is 0 Å². The highest BCUT2D eigenvalue weighted by molar-refractivity contribution is 5.98. The van der Waals surface area contributed by atoms with Crippen LogP contribution in [0.25, 0.3) is 0 Å². The predicted molar refractivity (Wildman–Crippen MR) is 64.7 cm³/mol. The van der Waals surface area contributed by atoms with Crippen molar-refractivity contribution in [1.82, 2.24) is 0 Å². The normalized spacial score (nSPS) is 17.8. The van der Waals surface area contributed by atoms with Crippen molar-refractivity contribution in [2.24, 2.45) is 0 Å². The number of Topliss-reactive ketones (excluding diaryl/α,β-unsaturated/α-hetero) is 1. The van der Waals surface area contributed by atoms with Gasteiger partial charge in [0.15, 0.2) is 5.78 Å². The molecular weight excluding hydrogens is 308 g/mol. The second kappa shape index (κ2) is 7.79. The molecule has 7 N–H and O–H groups in total. The SMILES string of the molecule is O=C(O)CC(=O)[C@H](O)[C@@](O)(CC(=O)O)[C@H](O)C(O)CC(=O)O. The first kappa shape index (κ1) is 19.9. The van der Waals surface area contributed by atoms with E-state index in [1.54, 1.807) is 0 Å². The topological polar surface area (TPSA) is 210 Å². The lowest BCUT2D eigenvalue weighted by Gasteiger charge is -2.36. The van der Waals surface area contributed by atoms with Gasteiger partial charge in [-0.05, 0) is 0 Å². The largest absolute Gasteiger partial charge is 0.481 e. The molecule has 126 valence electrons. The van der Waals surface area contributed by atoms with Crippen LogP contribution in [0.4, 0.5) is 0 Å². The van der Waals surface area contributed by atoms with Crippen LogP contribution in [-0.2, 0) is 19.2 Å². The maximum Gasteiger partial charge on any atom is 0.310 e. The van der Waals surface area contributed by atoms with Crippen molar-refractivity contribution in [3.63, 3.8) is 0 Å². The third-order valence-corrected chi connectivity index (χ3v) is 2.80. The molecule has 11 heteroatoms. The number of hydrogen-bond acceptors (Lipinski definition) is 8. The number of ketones is 1. The van der Waals surface area contributed by atoms with Gasteiger partial charge in [0.1, 0.15) is 24.2 Å². The van der Waals surface area contributed by atoms with Crippen LogP contribution in [0.3, 0.4) is 0 Å². The number of hydrogen-bond donors (Lipinski definition) is 7. The highest BCUT2D eigenvalue weighted by atomic mass is 16.4. The molecule has 0 aromatic rings. The summed E-state index contributed by atoms with van der Waals surface area (Å²) < 4.78 is 0. The van der Waals surface area contributed by atoms with E-state index in [9.17, 15) is 39.6 Å². The van der Waals surface area contributed by atoms with Gasteiger partial charge in [-0.2, -0.15) is 0 Å². The van der Waals surface area contributed by atoms with Crippen LogP contribution in [0.15, 0.2) is 0 Å². The Morgan fingerprint density at radius 2 is 1.36 bits per heavy atom. The summed E-state index contributed by atoms with van der Waals surface area (Å²) in [6, 6.07) is 0. The zero-order chi connectivity index (χ0) is 17.7. The fourth-order valence-electron chi connectivity index (χ4n) is 1.75. The van der Waals surface area contributed by atoms with E-state index >= 15 is 0 Å². The van der Waals surface area contributed by atoms with Crippen molar-refractivity contribution < 1.29 is 54.9 Å². The standard InChI is InChI=1S/C11H16O11/c12-4(1-6(14)15)9(20)11(22,3-8(18)19)10(21)5(13)2-7(16)17/h4,9-10,12,20-22H,1-3H2,(H,14,15)(H,16,17)(H,18,19)/t4?,9-,10+,11-/m1/s1. The molecule has 0 amide bonds. The maximum atomic E-state index is 11.4. The molecule has 0 saturated carbocycles. The highest BCUT2D eigenvalue weighted by Crippen LogP contribution is 2.26. The third-order valence-electron chi connectivity index (χ3n) is 2.80. The first-order valence-corrected chi connectivity index (χ1v) is 5.86. The molecule has 0 aromatic heterocycles. The minimum Gasteiger partial charge on any atom is -0.481 e. The van der Waals surface area contributed by atoms with Gasteiger partial charge in [0.2, 0.25) is 0 Å². The minimum absolute atomic E-state index is 1.11. The van der Waals surface area contributed by atoms with Crippen molar-refractivity contribution >= 4 is 23.7 Å². The molecule has 0 heterocycles. The van der Waals surface area contributed by atoms with E-state index in [0.717, 1.165) is 0 Å². The fraction of sp³-hybridized carbons (Fsp3) is 0.636. The van der Waals surface area contributed by atoms with E-state index in [-0.39, 0.29) is 0 Å². The van der Waals surface area contributed by atoms with E-state index in [4.69, 9.17) is 15.3 Å². The quantitative estimate of drug-likeness (QED) is 0.199. The zero-order valence-corrected chi connectivity index (χ0v) is 11.1. The van der Waals surface area contributed by atoms with E-state index in [1.807, 2.05) is 0 Å². The van der Waals surface area contributed by atoms with E-state index in [1.165, 1.54) is 0 Å². The smallest absolute Gasteiger partial charge is 0.310 e. The predicted octanol–water partition coefficient (Wildman–Crippen LogP) is -3.21. The number of aliphatic hydroxyl groups is 4. The summed E-state index contributed by atoms with van der Waals surface area (Å²) in [5, 5.41) is 64.4. The van der Waals surface area contributed by atoms with Crippen LogP contribution in [0, 0.1) is 0 Å².